The summed E-state index contributed by atoms with van der Waals surface area (Å²) in [5.74, 6) is -1.95. The van der Waals surface area contributed by atoms with Gasteiger partial charge in [0.25, 0.3) is 0 Å². The van der Waals surface area contributed by atoms with Crippen LogP contribution in [-0.2, 0) is 0 Å². The van der Waals surface area contributed by atoms with Crippen molar-refractivity contribution >= 4 is 40.7 Å². The average Bonchev–Trinajstić information content (AvgIpc) is 3.46. The summed E-state index contributed by atoms with van der Waals surface area (Å²) in [4.78, 5) is 46.3. The lowest BCUT2D eigenvalue weighted by Gasteiger charge is -2.37. The summed E-state index contributed by atoms with van der Waals surface area (Å²) >= 11 is 6.59. The molecule has 1 aliphatic carbocycles. The number of benzene rings is 4. The van der Waals surface area contributed by atoms with E-state index < -0.39 is 29.2 Å². The van der Waals surface area contributed by atoms with Gasteiger partial charge in [-0.2, -0.15) is 0 Å². The Morgan fingerprint density at radius 3 is 2.26 bits per heavy atom. The van der Waals surface area contributed by atoms with E-state index in [0.29, 0.717) is 39.4 Å². The van der Waals surface area contributed by atoms with Gasteiger partial charge in [-0.05, 0) is 36.4 Å². The molecule has 0 radical (unpaired) electrons. The van der Waals surface area contributed by atoms with Crippen LogP contribution in [0.5, 0.6) is 11.5 Å². The number of ketones is 3. The Bertz CT molecular complexity index is 1850. The lowest BCUT2D eigenvalue weighted by molar-refractivity contribution is 0.0664. The van der Waals surface area contributed by atoms with E-state index in [2.05, 4.69) is 0 Å². The van der Waals surface area contributed by atoms with Crippen LogP contribution >= 0.6 is 11.6 Å². The number of hydrogen-bond donors (Lipinski definition) is 0. The second kappa shape index (κ2) is 9.92. The van der Waals surface area contributed by atoms with E-state index in [1.807, 2.05) is 0 Å². The average molecular weight is 594 g/mol. The maximum atomic E-state index is 14.8. The number of ether oxygens (including phenoxy) is 2. The molecule has 1 saturated heterocycles. The molecule has 0 N–H and O–H groups in total. The highest BCUT2D eigenvalue weighted by Crippen LogP contribution is 2.62. The summed E-state index contributed by atoms with van der Waals surface area (Å²) < 4.78 is 25.9. The van der Waals surface area contributed by atoms with E-state index >= 15 is 0 Å². The molecule has 8 heteroatoms. The van der Waals surface area contributed by atoms with Crippen molar-refractivity contribution in [3.63, 3.8) is 0 Å². The first-order valence-corrected chi connectivity index (χ1v) is 14.2. The van der Waals surface area contributed by atoms with Crippen LogP contribution in [-0.4, -0.2) is 43.7 Å². The zero-order valence-corrected chi connectivity index (χ0v) is 24.0. The Labute approximate surface area is 252 Å². The number of halogens is 2. The monoisotopic (exact) mass is 593 g/mol. The largest absolute Gasteiger partial charge is 0.493 e. The number of fused-ring (bicyclic) bond motifs is 5. The summed E-state index contributed by atoms with van der Waals surface area (Å²) in [5, 5.41) is 0.237. The number of carbonyl (C=O) groups excluding carboxylic acids is 3. The molecular weight excluding hydrogens is 569 g/mol. The first-order valence-electron chi connectivity index (χ1n) is 13.8. The minimum absolute atomic E-state index is 0.237. The van der Waals surface area contributed by atoms with Gasteiger partial charge in [0.15, 0.2) is 28.8 Å². The van der Waals surface area contributed by atoms with Gasteiger partial charge >= 0.3 is 0 Å². The number of rotatable bonds is 5. The molecule has 4 aromatic rings. The number of nitrogens with zero attached hydrogens (tertiary/aromatic N) is 1. The second-order valence-electron chi connectivity index (χ2n) is 10.8. The molecule has 0 unspecified atom stereocenters. The van der Waals surface area contributed by atoms with Crippen LogP contribution in [0.25, 0.3) is 6.08 Å². The fraction of sp³-hybridized carbons (Fsp3) is 0.171. The van der Waals surface area contributed by atoms with Crippen molar-refractivity contribution in [1.82, 2.24) is 0 Å². The Kier molecular flexibility index (Phi) is 6.25. The molecule has 2 heterocycles. The third-order valence-electron chi connectivity index (χ3n) is 8.94. The maximum Gasteiger partial charge on any atom is 0.187 e. The summed E-state index contributed by atoms with van der Waals surface area (Å²) in [5.41, 5.74) is 0.593. The molecule has 3 aliphatic rings. The molecule has 2 aliphatic heterocycles. The molecule has 0 amide bonds. The molecule has 0 saturated carbocycles. The van der Waals surface area contributed by atoms with Crippen LogP contribution in [0, 0.1) is 11.2 Å². The van der Waals surface area contributed by atoms with E-state index in [-0.39, 0.29) is 27.9 Å². The number of para-hydroxylation sites is 1. The predicted molar refractivity (Wildman–Crippen MR) is 161 cm³/mol. The summed E-state index contributed by atoms with van der Waals surface area (Å²) in [7, 11) is 2.98. The standard InChI is InChI=1S/C35H25ClFNO5/c1-42-27-13-7-11-24(32(27)43-2)29-30(31(39)23-10-5-6-12-25(23)36)38-26-16-15-20(37)18-19(26)14-17-28(38)35(29)33(40)21-8-3-4-9-22(21)34(35)41/h3-18,28-30H,1-2H3/t28-,29-,30-/m1/s1. The topological polar surface area (TPSA) is 72.9 Å². The fourth-order valence-electron chi connectivity index (χ4n) is 7.27. The van der Waals surface area contributed by atoms with Crippen LogP contribution in [0.3, 0.4) is 0 Å². The van der Waals surface area contributed by atoms with E-state index in [1.165, 1.54) is 26.4 Å². The zero-order chi connectivity index (χ0) is 30.0. The van der Waals surface area contributed by atoms with Gasteiger partial charge in [-0.3, -0.25) is 14.4 Å². The number of methoxy groups -OCH3 is 2. The van der Waals surface area contributed by atoms with Gasteiger partial charge < -0.3 is 14.4 Å². The van der Waals surface area contributed by atoms with E-state index in [1.54, 1.807) is 89.8 Å². The van der Waals surface area contributed by atoms with Gasteiger partial charge in [0.1, 0.15) is 17.3 Å². The lowest BCUT2D eigenvalue weighted by atomic mass is 9.64. The van der Waals surface area contributed by atoms with Crippen molar-refractivity contribution in [2.75, 3.05) is 19.1 Å². The van der Waals surface area contributed by atoms with Crippen molar-refractivity contribution < 1.29 is 28.2 Å². The minimum Gasteiger partial charge on any atom is -0.493 e. The molecule has 4 aromatic carbocycles. The normalized spacial score (nSPS) is 21.0. The molecule has 214 valence electrons. The predicted octanol–water partition coefficient (Wildman–Crippen LogP) is 6.81. The Balaban J connectivity index is 1.60. The fourth-order valence-corrected chi connectivity index (χ4v) is 7.50. The number of hydrogen-bond acceptors (Lipinski definition) is 6. The van der Waals surface area contributed by atoms with Crippen LogP contribution in [0.1, 0.15) is 48.1 Å². The summed E-state index contributed by atoms with van der Waals surface area (Å²) in [6.07, 6.45) is 3.45. The van der Waals surface area contributed by atoms with Crippen LogP contribution in [0.2, 0.25) is 5.02 Å². The van der Waals surface area contributed by atoms with Crippen LogP contribution in [0.4, 0.5) is 10.1 Å². The lowest BCUT2D eigenvalue weighted by Crippen LogP contribution is -2.48. The maximum absolute atomic E-state index is 14.8. The van der Waals surface area contributed by atoms with Crippen molar-refractivity contribution in [2.45, 2.75) is 18.0 Å². The highest BCUT2D eigenvalue weighted by molar-refractivity contribution is 6.35. The SMILES string of the molecule is COc1cccc([C@@H]2[C@H](C(=O)c3ccccc3Cl)N3c4ccc(F)cc4C=C[C@@H]3C23C(=O)c2ccccc2C3=O)c1OC. The molecular formula is C35H25ClFNO5. The Morgan fingerprint density at radius 1 is 0.884 bits per heavy atom. The minimum atomic E-state index is -1.76. The molecule has 3 atom stereocenters. The van der Waals surface area contributed by atoms with Crippen molar-refractivity contribution in [3.05, 3.63) is 130 Å². The van der Waals surface area contributed by atoms with Crippen molar-refractivity contribution in [3.8, 4) is 11.5 Å². The third-order valence-corrected chi connectivity index (χ3v) is 9.27. The highest BCUT2D eigenvalue weighted by atomic mass is 35.5. The van der Waals surface area contributed by atoms with Crippen LogP contribution in [0.15, 0.2) is 91.0 Å². The Hall–Kier alpha value is -4.75. The third kappa shape index (κ3) is 3.61. The highest BCUT2D eigenvalue weighted by Gasteiger charge is 2.72. The number of carbonyl (C=O) groups is 3. The van der Waals surface area contributed by atoms with E-state index in [0.717, 1.165) is 0 Å². The van der Waals surface area contributed by atoms with E-state index in [4.69, 9.17) is 21.1 Å². The van der Waals surface area contributed by atoms with Gasteiger partial charge in [0.2, 0.25) is 0 Å². The van der Waals surface area contributed by atoms with E-state index in [9.17, 15) is 18.8 Å². The Morgan fingerprint density at radius 2 is 1.58 bits per heavy atom. The summed E-state index contributed by atoms with van der Waals surface area (Å²) in [6, 6.07) is 20.9. The molecule has 43 heavy (non-hydrogen) atoms. The molecule has 6 nitrogen and oxygen atoms in total. The van der Waals surface area contributed by atoms with Crippen LogP contribution < -0.4 is 14.4 Å². The summed E-state index contributed by atoms with van der Waals surface area (Å²) in [6.45, 7) is 0. The molecule has 1 spiro atoms. The molecule has 0 bridgehead atoms. The van der Waals surface area contributed by atoms with Crippen molar-refractivity contribution in [2.24, 2.45) is 5.41 Å². The zero-order valence-electron chi connectivity index (χ0n) is 23.2. The van der Waals surface area contributed by atoms with Gasteiger partial charge in [0.05, 0.1) is 25.3 Å². The quantitative estimate of drug-likeness (QED) is 0.187. The molecule has 1 fully saturated rings. The molecule has 0 aromatic heterocycles. The number of anilines is 1. The first-order chi connectivity index (χ1) is 20.8. The molecule has 7 rings (SSSR count). The van der Waals surface area contributed by atoms with Gasteiger partial charge in [-0.1, -0.05) is 72.3 Å². The van der Waals surface area contributed by atoms with Crippen molar-refractivity contribution in [1.29, 1.82) is 0 Å². The second-order valence-corrected chi connectivity index (χ2v) is 11.2. The smallest absolute Gasteiger partial charge is 0.187 e. The van der Waals surface area contributed by atoms with Gasteiger partial charge in [0, 0.05) is 39.4 Å². The number of Topliss-reactive ketones (excluding diaryl/α,β-unsaturated/α-hetero) is 3. The van der Waals surface area contributed by atoms with Gasteiger partial charge in [-0.15, -0.1) is 0 Å². The van der Waals surface area contributed by atoms with Gasteiger partial charge in [-0.25, -0.2) is 4.39 Å². The first kappa shape index (κ1) is 27.1.